The number of anilines is 1. The summed E-state index contributed by atoms with van der Waals surface area (Å²) in [4.78, 5) is 13.8. The van der Waals surface area contributed by atoms with E-state index in [0.29, 0.717) is 22.6 Å². The zero-order valence-electron chi connectivity index (χ0n) is 13.2. The summed E-state index contributed by atoms with van der Waals surface area (Å²) in [6, 6.07) is 7.69. The lowest BCUT2D eigenvalue weighted by Gasteiger charge is -2.09. The van der Waals surface area contributed by atoms with E-state index in [-0.39, 0.29) is 6.79 Å². The number of nitrogens with zero attached hydrogens (tertiary/aromatic N) is 5. The van der Waals surface area contributed by atoms with Crippen LogP contribution in [-0.4, -0.2) is 31.5 Å². The summed E-state index contributed by atoms with van der Waals surface area (Å²) in [5.41, 5.74) is 1.05. The summed E-state index contributed by atoms with van der Waals surface area (Å²) in [5.74, 6) is 2.62. The van der Waals surface area contributed by atoms with Crippen LogP contribution in [0.5, 0.6) is 11.5 Å². The average molecular weight is 387 g/mol. The molecule has 0 saturated carbocycles. The van der Waals surface area contributed by atoms with Gasteiger partial charge in [0.1, 0.15) is 23.3 Å². The predicted molar refractivity (Wildman–Crippen MR) is 97.2 cm³/mol. The second-order valence-electron chi connectivity index (χ2n) is 5.52. The molecular weight excluding hydrogens is 376 g/mol. The number of ether oxygens (including phenoxy) is 2. The van der Waals surface area contributed by atoms with Gasteiger partial charge >= 0.3 is 0 Å². The van der Waals surface area contributed by atoms with Crippen molar-refractivity contribution in [3.63, 3.8) is 0 Å². The van der Waals surface area contributed by atoms with Crippen molar-refractivity contribution in [3.8, 4) is 17.4 Å². The molecule has 10 heteroatoms. The van der Waals surface area contributed by atoms with Gasteiger partial charge in [0.2, 0.25) is 6.79 Å². The molecule has 0 spiro atoms. The van der Waals surface area contributed by atoms with Gasteiger partial charge in [-0.15, -0.1) is 11.3 Å². The SMILES string of the molecule is Clc1cc2c(NCc3ccc4c(c3)OCO4)nc(-n3cncn3)nc2s1. The van der Waals surface area contributed by atoms with E-state index in [4.69, 9.17) is 21.1 Å². The molecule has 3 aromatic heterocycles. The van der Waals surface area contributed by atoms with Crippen LogP contribution in [0.2, 0.25) is 4.34 Å². The number of aromatic nitrogens is 5. The van der Waals surface area contributed by atoms with E-state index in [1.54, 1.807) is 6.33 Å². The quantitative estimate of drug-likeness (QED) is 0.576. The number of halogens is 1. The minimum atomic E-state index is 0.257. The fraction of sp³-hybridized carbons (Fsp3) is 0.125. The number of rotatable bonds is 4. The van der Waals surface area contributed by atoms with Gasteiger partial charge in [-0.2, -0.15) is 19.7 Å². The maximum Gasteiger partial charge on any atom is 0.255 e. The summed E-state index contributed by atoms with van der Waals surface area (Å²) in [6.45, 7) is 0.820. The van der Waals surface area contributed by atoms with Gasteiger partial charge in [0.25, 0.3) is 5.95 Å². The smallest absolute Gasteiger partial charge is 0.255 e. The second-order valence-corrected chi connectivity index (χ2v) is 7.18. The molecule has 0 radical (unpaired) electrons. The van der Waals surface area contributed by atoms with Gasteiger partial charge in [0.15, 0.2) is 11.5 Å². The normalized spacial score (nSPS) is 12.7. The first-order valence-electron chi connectivity index (χ1n) is 7.71. The Morgan fingerprint density at radius 3 is 3.00 bits per heavy atom. The number of thiophene rings is 1. The Morgan fingerprint density at radius 1 is 1.19 bits per heavy atom. The third kappa shape index (κ3) is 2.71. The fourth-order valence-electron chi connectivity index (χ4n) is 2.67. The van der Waals surface area contributed by atoms with Crippen molar-refractivity contribution in [2.45, 2.75) is 6.54 Å². The molecule has 130 valence electrons. The van der Waals surface area contributed by atoms with Gasteiger partial charge in [-0.05, 0) is 23.8 Å². The third-order valence-electron chi connectivity index (χ3n) is 3.87. The second kappa shape index (κ2) is 6.11. The molecule has 1 aromatic carbocycles. The maximum absolute atomic E-state index is 6.17. The molecular formula is C16H11ClN6O2S. The summed E-state index contributed by atoms with van der Waals surface area (Å²) >= 11 is 7.56. The van der Waals surface area contributed by atoms with Crippen molar-refractivity contribution in [1.29, 1.82) is 0 Å². The molecule has 4 heterocycles. The van der Waals surface area contributed by atoms with Crippen LogP contribution in [0.25, 0.3) is 16.2 Å². The lowest BCUT2D eigenvalue weighted by atomic mass is 10.2. The molecule has 1 aliphatic heterocycles. The predicted octanol–water partition coefficient (Wildman–Crippen LogP) is 3.27. The first-order chi connectivity index (χ1) is 12.8. The Kier molecular flexibility index (Phi) is 3.61. The van der Waals surface area contributed by atoms with Crippen LogP contribution in [0.1, 0.15) is 5.56 Å². The van der Waals surface area contributed by atoms with Crippen molar-refractivity contribution >= 4 is 39.0 Å². The standard InChI is InChI=1S/C16H11ClN6O2S/c17-13-4-10-14(19-5-9-1-2-11-12(3-9)25-8-24-11)21-16(22-15(10)26-13)23-7-18-6-20-23/h1-4,6-7H,5,8H2,(H,19,21,22). The van der Waals surface area contributed by atoms with Crippen molar-refractivity contribution in [3.05, 3.63) is 46.8 Å². The Hall–Kier alpha value is -2.91. The van der Waals surface area contributed by atoms with E-state index in [2.05, 4.69) is 25.4 Å². The molecule has 0 bridgehead atoms. The molecule has 0 saturated heterocycles. The maximum atomic E-state index is 6.17. The third-order valence-corrected chi connectivity index (χ3v) is 5.03. The number of nitrogens with one attached hydrogen (secondary N) is 1. The topological polar surface area (TPSA) is 87.0 Å². The Bertz CT molecular complexity index is 1100. The van der Waals surface area contributed by atoms with E-state index in [1.807, 2.05) is 24.3 Å². The van der Waals surface area contributed by atoms with Crippen LogP contribution in [0.3, 0.4) is 0 Å². The first kappa shape index (κ1) is 15.4. The van der Waals surface area contributed by atoms with Gasteiger partial charge < -0.3 is 14.8 Å². The fourth-order valence-corrected chi connectivity index (χ4v) is 3.75. The number of hydrogen-bond donors (Lipinski definition) is 1. The molecule has 5 rings (SSSR count). The highest BCUT2D eigenvalue weighted by atomic mass is 35.5. The van der Waals surface area contributed by atoms with Crippen molar-refractivity contribution in [2.24, 2.45) is 0 Å². The molecule has 0 aliphatic carbocycles. The van der Waals surface area contributed by atoms with Crippen molar-refractivity contribution in [1.82, 2.24) is 24.7 Å². The van der Waals surface area contributed by atoms with E-state index >= 15 is 0 Å². The molecule has 0 fully saturated rings. The molecule has 0 atom stereocenters. The molecule has 8 nitrogen and oxygen atoms in total. The van der Waals surface area contributed by atoms with E-state index in [0.717, 1.165) is 27.3 Å². The number of fused-ring (bicyclic) bond motifs is 2. The van der Waals surface area contributed by atoms with Gasteiger partial charge in [-0.25, -0.2) is 4.98 Å². The first-order valence-corrected chi connectivity index (χ1v) is 8.90. The largest absolute Gasteiger partial charge is 0.454 e. The summed E-state index contributed by atoms with van der Waals surface area (Å²) < 4.78 is 12.9. The molecule has 0 amide bonds. The van der Waals surface area contributed by atoms with Crippen LogP contribution in [0.15, 0.2) is 36.9 Å². The van der Waals surface area contributed by atoms with Crippen LogP contribution >= 0.6 is 22.9 Å². The lowest BCUT2D eigenvalue weighted by Crippen LogP contribution is -2.07. The Labute approximate surface area is 156 Å². The molecule has 4 aromatic rings. The summed E-state index contributed by atoms with van der Waals surface area (Å²) in [5, 5.41) is 8.31. The van der Waals surface area contributed by atoms with Gasteiger partial charge in [-0.3, -0.25) is 0 Å². The number of benzene rings is 1. The Morgan fingerprint density at radius 2 is 2.12 bits per heavy atom. The van der Waals surface area contributed by atoms with E-state index in [1.165, 1.54) is 22.3 Å². The zero-order chi connectivity index (χ0) is 17.5. The van der Waals surface area contributed by atoms with Gasteiger partial charge in [0, 0.05) is 6.54 Å². The van der Waals surface area contributed by atoms with E-state index < -0.39 is 0 Å². The monoisotopic (exact) mass is 386 g/mol. The van der Waals surface area contributed by atoms with Crippen LogP contribution < -0.4 is 14.8 Å². The molecule has 0 unspecified atom stereocenters. The van der Waals surface area contributed by atoms with Crippen LogP contribution in [0, 0.1) is 0 Å². The molecule has 26 heavy (non-hydrogen) atoms. The summed E-state index contributed by atoms with van der Waals surface area (Å²) in [6.07, 6.45) is 2.99. The highest BCUT2D eigenvalue weighted by Crippen LogP contribution is 2.34. The van der Waals surface area contributed by atoms with Crippen LogP contribution in [0.4, 0.5) is 5.82 Å². The minimum Gasteiger partial charge on any atom is -0.454 e. The lowest BCUT2D eigenvalue weighted by molar-refractivity contribution is 0.174. The highest BCUT2D eigenvalue weighted by molar-refractivity contribution is 7.22. The Balaban J connectivity index is 1.49. The highest BCUT2D eigenvalue weighted by Gasteiger charge is 2.15. The minimum absolute atomic E-state index is 0.257. The van der Waals surface area contributed by atoms with Crippen molar-refractivity contribution < 1.29 is 9.47 Å². The van der Waals surface area contributed by atoms with Crippen molar-refractivity contribution in [2.75, 3.05) is 12.1 Å². The molecule has 1 aliphatic rings. The van der Waals surface area contributed by atoms with Crippen LogP contribution in [-0.2, 0) is 6.54 Å². The zero-order valence-corrected chi connectivity index (χ0v) is 14.8. The summed E-state index contributed by atoms with van der Waals surface area (Å²) in [7, 11) is 0. The van der Waals surface area contributed by atoms with Gasteiger partial charge in [0.05, 0.1) is 9.72 Å². The van der Waals surface area contributed by atoms with Gasteiger partial charge in [-0.1, -0.05) is 17.7 Å². The number of hydrogen-bond acceptors (Lipinski definition) is 8. The van der Waals surface area contributed by atoms with E-state index in [9.17, 15) is 0 Å². The molecule has 1 N–H and O–H groups in total. The average Bonchev–Trinajstić information content (AvgIpc) is 3.38.